The summed E-state index contributed by atoms with van der Waals surface area (Å²) in [5, 5.41) is 9.77. The molecular formula is C20H21ClFN3OS. The number of thioether (sulfide) groups is 1. The minimum Gasteiger partial charge on any atom is -0.485 e. The molecule has 4 nitrogen and oxygen atoms in total. The molecular weight excluding hydrogens is 385 g/mol. The average Bonchev–Trinajstić information content (AvgIpc) is 3.04. The summed E-state index contributed by atoms with van der Waals surface area (Å²) >= 11 is 7.62. The molecule has 0 aliphatic heterocycles. The van der Waals surface area contributed by atoms with Crippen LogP contribution in [0.1, 0.15) is 29.4 Å². The third-order valence-corrected chi connectivity index (χ3v) is 5.76. The summed E-state index contributed by atoms with van der Waals surface area (Å²) in [6, 6.07) is 10.4. The van der Waals surface area contributed by atoms with Crippen molar-refractivity contribution >= 4 is 23.4 Å². The lowest BCUT2D eigenvalue weighted by atomic mass is 10.1. The van der Waals surface area contributed by atoms with Gasteiger partial charge in [0.15, 0.2) is 11.0 Å². The number of nitrogens with zero attached hydrogens (tertiary/aromatic N) is 3. The van der Waals surface area contributed by atoms with E-state index in [1.807, 2.05) is 30.5 Å². The van der Waals surface area contributed by atoms with Crippen molar-refractivity contribution in [3.8, 4) is 5.75 Å². The van der Waals surface area contributed by atoms with E-state index in [0.717, 1.165) is 34.4 Å². The van der Waals surface area contributed by atoms with Gasteiger partial charge in [0.1, 0.15) is 18.2 Å². The van der Waals surface area contributed by atoms with Gasteiger partial charge >= 0.3 is 0 Å². The highest BCUT2D eigenvalue weighted by Crippen LogP contribution is 2.27. The summed E-state index contributed by atoms with van der Waals surface area (Å²) in [6.45, 7) is 7.23. The molecule has 0 saturated heterocycles. The van der Waals surface area contributed by atoms with Crippen LogP contribution >= 0.6 is 23.4 Å². The number of aryl methyl sites for hydroxylation is 1. The molecule has 2 aromatic carbocycles. The van der Waals surface area contributed by atoms with Crippen molar-refractivity contribution in [3.63, 3.8) is 0 Å². The molecule has 1 aromatic heterocycles. The Kier molecular flexibility index (Phi) is 6.39. The molecule has 0 amide bonds. The molecule has 0 radical (unpaired) electrons. The normalized spacial score (nSPS) is 11.0. The van der Waals surface area contributed by atoms with Gasteiger partial charge in [-0.25, -0.2) is 4.39 Å². The Morgan fingerprint density at radius 3 is 2.74 bits per heavy atom. The highest BCUT2D eigenvalue weighted by Gasteiger charge is 2.14. The van der Waals surface area contributed by atoms with Crippen LogP contribution in [0.5, 0.6) is 5.75 Å². The molecule has 0 saturated carbocycles. The number of hydrogen-bond donors (Lipinski definition) is 0. The Morgan fingerprint density at radius 2 is 2.00 bits per heavy atom. The summed E-state index contributed by atoms with van der Waals surface area (Å²) in [4.78, 5) is 0. The average molecular weight is 406 g/mol. The van der Waals surface area contributed by atoms with E-state index in [1.165, 1.54) is 29.5 Å². The number of benzene rings is 2. The predicted octanol–water partition coefficient (Wildman–Crippen LogP) is 5.58. The van der Waals surface area contributed by atoms with Crippen LogP contribution in [0.4, 0.5) is 4.39 Å². The fourth-order valence-corrected chi connectivity index (χ4v) is 3.99. The van der Waals surface area contributed by atoms with Gasteiger partial charge in [0, 0.05) is 17.3 Å². The van der Waals surface area contributed by atoms with Gasteiger partial charge in [-0.3, -0.25) is 0 Å². The van der Waals surface area contributed by atoms with Crippen LogP contribution in [-0.2, 0) is 18.9 Å². The molecule has 3 rings (SSSR count). The maximum Gasteiger partial charge on any atom is 0.191 e. The maximum atomic E-state index is 13.2. The fraction of sp³-hybridized carbons (Fsp3) is 0.300. The highest BCUT2D eigenvalue weighted by molar-refractivity contribution is 7.98. The smallest absolute Gasteiger partial charge is 0.191 e. The number of halogens is 2. The second kappa shape index (κ2) is 8.76. The Hall–Kier alpha value is -2.05. The Balaban J connectivity index is 1.70. The third-order valence-electron chi connectivity index (χ3n) is 4.39. The Morgan fingerprint density at radius 1 is 1.19 bits per heavy atom. The van der Waals surface area contributed by atoms with E-state index < -0.39 is 0 Å². The van der Waals surface area contributed by atoms with Crippen LogP contribution < -0.4 is 4.74 Å². The number of ether oxygens (including phenoxy) is 1. The number of aromatic nitrogens is 3. The van der Waals surface area contributed by atoms with Crippen molar-refractivity contribution in [2.75, 3.05) is 0 Å². The van der Waals surface area contributed by atoms with E-state index >= 15 is 0 Å². The van der Waals surface area contributed by atoms with Crippen LogP contribution in [0, 0.1) is 19.7 Å². The molecule has 0 aliphatic rings. The summed E-state index contributed by atoms with van der Waals surface area (Å²) in [5.41, 5.74) is 3.18. The second-order valence-corrected chi connectivity index (χ2v) is 7.50. The molecule has 7 heteroatoms. The van der Waals surface area contributed by atoms with Gasteiger partial charge in [-0.05, 0) is 55.7 Å². The number of hydrogen-bond acceptors (Lipinski definition) is 4. The molecule has 142 valence electrons. The third kappa shape index (κ3) is 4.62. The molecule has 0 fully saturated rings. The molecule has 0 atom stereocenters. The fourth-order valence-electron chi connectivity index (χ4n) is 2.65. The lowest BCUT2D eigenvalue weighted by Gasteiger charge is -2.12. The quantitative estimate of drug-likeness (QED) is 0.481. The van der Waals surface area contributed by atoms with E-state index in [9.17, 15) is 4.39 Å². The summed E-state index contributed by atoms with van der Waals surface area (Å²) in [6.07, 6.45) is 0. The monoisotopic (exact) mass is 405 g/mol. The largest absolute Gasteiger partial charge is 0.485 e. The molecule has 1 heterocycles. The van der Waals surface area contributed by atoms with Gasteiger partial charge < -0.3 is 9.30 Å². The maximum absolute atomic E-state index is 13.2. The lowest BCUT2D eigenvalue weighted by molar-refractivity contribution is 0.286. The minimum atomic E-state index is -0.337. The first kappa shape index (κ1) is 19.7. The van der Waals surface area contributed by atoms with Gasteiger partial charge in [0.25, 0.3) is 0 Å². The van der Waals surface area contributed by atoms with Gasteiger partial charge in [-0.1, -0.05) is 41.6 Å². The predicted molar refractivity (Wildman–Crippen MR) is 107 cm³/mol. The first-order valence-electron chi connectivity index (χ1n) is 8.67. The van der Waals surface area contributed by atoms with E-state index in [1.54, 1.807) is 6.07 Å². The van der Waals surface area contributed by atoms with Gasteiger partial charge in [0.05, 0.1) is 0 Å². The van der Waals surface area contributed by atoms with Crippen LogP contribution in [0.25, 0.3) is 0 Å². The lowest BCUT2D eigenvalue weighted by Crippen LogP contribution is -2.07. The molecule has 0 aliphatic carbocycles. The van der Waals surface area contributed by atoms with Crippen LogP contribution in [0.15, 0.2) is 41.6 Å². The van der Waals surface area contributed by atoms with Crippen LogP contribution in [0.2, 0.25) is 5.02 Å². The summed E-state index contributed by atoms with van der Waals surface area (Å²) < 4.78 is 21.2. The molecule has 0 N–H and O–H groups in total. The van der Waals surface area contributed by atoms with Crippen LogP contribution in [-0.4, -0.2) is 14.8 Å². The van der Waals surface area contributed by atoms with Crippen molar-refractivity contribution < 1.29 is 9.13 Å². The van der Waals surface area contributed by atoms with E-state index in [2.05, 4.69) is 23.2 Å². The van der Waals surface area contributed by atoms with Crippen molar-refractivity contribution in [1.82, 2.24) is 14.8 Å². The van der Waals surface area contributed by atoms with E-state index in [0.29, 0.717) is 17.4 Å². The summed E-state index contributed by atoms with van der Waals surface area (Å²) in [5.74, 6) is 1.88. The molecule has 27 heavy (non-hydrogen) atoms. The Labute approximate surface area is 167 Å². The van der Waals surface area contributed by atoms with Crippen molar-refractivity contribution in [3.05, 3.63) is 69.8 Å². The zero-order chi connectivity index (χ0) is 19.4. The standard InChI is InChI=1S/C20H21ClFN3OS/c1-4-25-19(11-26-18-7-5-6-13(2)14(18)3)23-24-20(25)27-12-15-8-9-16(22)10-17(15)21/h5-10H,4,11-12H2,1-3H3. The highest BCUT2D eigenvalue weighted by atomic mass is 35.5. The zero-order valence-electron chi connectivity index (χ0n) is 15.5. The first-order chi connectivity index (χ1) is 13.0. The van der Waals surface area contributed by atoms with E-state index in [4.69, 9.17) is 16.3 Å². The molecule has 0 spiro atoms. The molecule has 3 aromatic rings. The topological polar surface area (TPSA) is 39.9 Å². The van der Waals surface area contributed by atoms with E-state index in [-0.39, 0.29) is 5.82 Å². The van der Waals surface area contributed by atoms with Crippen LogP contribution in [0.3, 0.4) is 0 Å². The van der Waals surface area contributed by atoms with Gasteiger partial charge in [0.2, 0.25) is 0 Å². The van der Waals surface area contributed by atoms with Gasteiger partial charge in [-0.15, -0.1) is 10.2 Å². The van der Waals surface area contributed by atoms with Crippen molar-refractivity contribution in [2.24, 2.45) is 0 Å². The molecule has 0 bridgehead atoms. The van der Waals surface area contributed by atoms with Gasteiger partial charge in [-0.2, -0.15) is 0 Å². The SMILES string of the molecule is CCn1c(COc2cccc(C)c2C)nnc1SCc1ccc(F)cc1Cl. The zero-order valence-corrected chi connectivity index (χ0v) is 17.1. The second-order valence-electron chi connectivity index (χ2n) is 6.15. The van der Waals surface area contributed by atoms with Crippen molar-refractivity contribution in [1.29, 1.82) is 0 Å². The van der Waals surface area contributed by atoms with Crippen molar-refractivity contribution in [2.45, 2.75) is 44.8 Å². The molecule has 0 unspecified atom stereocenters. The summed E-state index contributed by atoms with van der Waals surface area (Å²) in [7, 11) is 0. The minimum absolute atomic E-state index is 0.337. The Bertz CT molecular complexity index is 945. The number of rotatable bonds is 7. The first-order valence-corrected chi connectivity index (χ1v) is 10.0.